The van der Waals surface area contributed by atoms with Crippen LogP contribution in [0.2, 0.25) is 0 Å². The van der Waals surface area contributed by atoms with Crippen molar-refractivity contribution in [3.63, 3.8) is 0 Å². The van der Waals surface area contributed by atoms with Gasteiger partial charge in [-0.25, -0.2) is 0 Å². The minimum atomic E-state index is 0.169. The summed E-state index contributed by atoms with van der Waals surface area (Å²) < 4.78 is 5.20. The Balaban J connectivity index is 2.67. The highest BCUT2D eigenvalue weighted by molar-refractivity contribution is 5.08. The van der Waals surface area contributed by atoms with Gasteiger partial charge in [0.05, 0.1) is 12.3 Å². The predicted molar refractivity (Wildman–Crippen MR) is 46.5 cm³/mol. The molecule has 0 radical (unpaired) electrons. The first kappa shape index (κ1) is 8.61. The van der Waals surface area contributed by atoms with E-state index < -0.39 is 0 Å². The normalized spacial score (nSPS) is 11.9. The maximum absolute atomic E-state index is 8.54. The van der Waals surface area contributed by atoms with Gasteiger partial charge in [0, 0.05) is 12.3 Å². The summed E-state index contributed by atoms with van der Waals surface area (Å²) in [7, 11) is 0. The van der Waals surface area contributed by atoms with Crippen molar-refractivity contribution in [3.8, 4) is 6.07 Å². The quantitative estimate of drug-likeness (QED) is 0.636. The molecule has 2 heteroatoms. The van der Waals surface area contributed by atoms with Gasteiger partial charge in [-0.3, -0.25) is 0 Å². The number of furan rings is 1. The van der Waals surface area contributed by atoms with Crippen LogP contribution in [-0.4, -0.2) is 0 Å². The number of rotatable bonds is 4. The maximum Gasteiger partial charge on any atom is 0.108 e. The number of hydrogen-bond donors (Lipinski definition) is 0. The smallest absolute Gasteiger partial charge is 0.108 e. The first-order valence-electron chi connectivity index (χ1n) is 3.89. The maximum atomic E-state index is 8.54. The lowest BCUT2D eigenvalue weighted by molar-refractivity contribution is 0.464. The van der Waals surface area contributed by atoms with E-state index in [-0.39, 0.29) is 5.92 Å². The molecule has 12 heavy (non-hydrogen) atoms. The van der Waals surface area contributed by atoms with Crippen molar-refractivity contribution in [2.24, 2.45) is 0 Å². The number of allylic oxidation sites excluding steroid dienone is 1. The molecule has 0 aliphatic rings. The van der Waals surface area contributed by atoms with Gasteiger partial charge in [-0.2, -0.15) is 5.26 Å². The molecule has 1 unspecified atom stereocenters. The molecule has 0 aliphatic carbocycles. The van der Waals surface area contributed by atoms with E-state index in [9.17, 15) is 0 Å². The molecule has 0 N–H and O–H groups in total. The molecule has 1 aromatic heterocycles. The molecule has 1 aromatic rings. The van der Waals surface area contributed by atoms with Gasteiger partial charge < -0.3 is 4.42 Å². The van der Waals surface area contributed by atoms with Gasteiger partial charge in [-0.05, 0) is 18.6 Å². The fraction of sp³-hybridized carbons (Fsp3) is 0.300. The van der Waals surface area contributed by atoms with Crippen LogP contribution in [0, 0.1) is 11.3 Å². The average Bonchev–Trinajstić information content (AvgIpc) is 2.56. The van der Waals surface area contributed by atoms with E-state index in [0.717, 1.165) is 12.2 Å². The molecule has 0 aromatic carbocycles. The SMILES string of the molecule is C=CCC(CC#N)c1ccco1. The molecule has 2 nitrogen and oxygen atoms in total. The van der Waals surface area contributed by atoms with Gasteiger partial charge in [0.2, 0.25) is 0 Å². The molecule has 62 valence electrons. The Morgan fingerprint density at radius 1 is 1.75 bits per heavy atom. The lowest BCUT2D eigenvalue weighted by atomic mass is 9.99. The highest BCUT2D eigenvalue weighted by Gasteiger charge is 2.11. The molecule has 0 bridgehead atoms. The fourth-order valence-corrected chi connectivity index (χ4v) is 1.14. The van der Waals surface area contributed by atoms with Gasteiger partial charge in [0.25, 0.3) is 0 Å². The summed E-state index contributed by atoms with van der Waals surface area (Å²) in [6, 6.07) is 5.86. The second-order valence-corrected chi connectivity index (χ2v) is 2.60. The van der Waals surface area contributed by atoms with Gasteiger partial charge in [-0.15, -0.1) is 6.58 Å². The van der Waals surface area contributed by atoms with Gasteiger partial charge in [0.1, 0.15) is 5.76 Å². The van der Waals surface area contributed by atoms with Crippen LogP contribution >= 0.6 is 0 Å². The van der Waals surface area contributed by atoms with Crippen molar-refractivity contribution >= 4 is 0 Å². The zero-order valence-corrected chi connectivity index (χ0v) is 6.86. The van der Waals surface area contributed by atoms with Crippen LogP contribution in [0.15, 0.2) is 35.5 Å². The fourth-order valence-electron chi connectivity index (χ4n) is 1.14. The van der Waals surface area contributed by atoms with Crippen molar-refractivity contribution < 1.29 is 4.42 Å². The number of nitrogens with zero attached hydrogens (tertiary/aromatic N) is 1. The van der Waals surface area contributed by atoms with Crippen molar-refractivity contribution in [2.45, 2.75) is 18.8 Å². The van der Waals surface area contributed by atoms with Crippen molar-refractivity contribution in [2.75, 3.05) is 0 Å². The molecule has 1 heterocycles. The molecular formula is C10H11NO. The highest BCUT2D eigenvalue weighted by Crippen LogP contribution is 2.23. The zero-order valence-electron chi connectivity index (χ0n) is 6.86. The van der Waals surface area contributed by atoms with Crippen molar-refractivity contribution in [1.29, 1.82) is 5.26 Å². The minimum absolute atomic E-state index is 0.169. The molecule has 0 saturated heterocycles. The Labute approximate surface area is 72.1 Å². The van der Waals surface area contributed by atoms with E-state index in [4.69, 9.17) is 9.68 Å². The van der Waals surface area contributed by atoms with Crippen LogP contribution in [0.5, 0.6) is 0 Å². The van der Waals surface area contributed by atoms with Crippen LogP contribution in [-0.2, 0) is 0 Å². The van der Waals surface area contributed by atoms with E-state index in [2.05, 4.69) is 12.6 Å². The summed E-state index contributed by atoms with van der Waals surface area (Å²) in [4.78, 5) is 0. The third kappa shape index (κ3) is 2.00. The monoisotopic (exact) mass is 161 g/mol. The molecule has 0 spiro atoms. The van der Waals surface area contributed by atoms with Crippen molar-refractivity contribution in [1.82, 2.24) is 0 Å². The van der Waals surface area contributed by atoms with Crippen LogP contribution in [0.3, 0.4) is 0 Å². The van der Waals surface area contributed by atoms with E-state index in [0.29, 0.717) is 6.42 Å². The number of hydrogen-bond acceptors (Lipinski definition) is 2. The Morgan fingerprint density at radius 2 is 2.58 bits per heavy atom. The van der Waals surface area contributed by atoms with Gasteiger partial charge in [0.15, 0.2) is 0 Å². The lowest BCUT2D eigenvalue weighted by Crippen LogP contribution is -1.93. The lowest BCUT2D eigenvalue weighted by Gasteiger charge is -2.06. The van der Waals surface area contributed by atoms with Gasteiger partial charge >= 0.3 is 0 Å². The molecule has 0 amide bonds. The summed E-state index contributed by atoms with van der Waals surface area (Å²) in [5, 5.41) is 8.54. The highest BCUT2D eigenvalue weighted by atomic mass is 16.3. The first-order valence-corrected chi connectivity index (χ1v) is 3.89. The molecule has 0 aliphatic heterocycles. The van der Waals surface area contributed by atoms with Crippen LogP contribution < -0.4 is 0 Å². The molecule has 0 saturated carbocycles. The predicted octanol–water partition coefficient (Wildman–Crippen LogP) is 2.85. The summed E-state index contributed by atoms with van der Waals surface area (Å²) in [5.41, 5.74) is 0. The summed E-state index contributed by atoms with van der Waals surface area (Å²) in [6.45, 7) is 3.64. The molecular weight excluding hydrogens is 150 g/mol. The largest absolute Gasteiger partial charge is 0.469 e. The molecule has 1 atom stereocenters. The second kappa shape index (κ2) is 4.40. The van der Waals surface area contributed by atoms with Crippen LogP contribution in [0.1, 0.15) is 24.5 Å². The third-order valence-electron chi connectivity index (χ3n) is 1.73. The van der Waals surface area contributed by atoms with Crippen LogP contribution in [0.4, 0.5) is 0 Å². The molecule has 0 fully saturated rings. The van der Waals surface area contributed by atoms with Gasteiger partial charge in [-0.1, -0.05) is 6.08 Å². The minimum Gasteiger partial charge on any atom is -0.469 e. The summed E-state index contributed by atoms with van der Waals surface area (Å²) in [6.07, 6.45) is 4.72. The third-order valence-corrected chi connectivity index (χ3v) is 1.73. The Hall–Kier alpha value is -1.49. The van der Waals surface area contributed by atoms with Crippen molar-refractivity contribution in [3.05, 3.63) is 36.8 Å². The number of nitriles is 1. The Morgan fingerprint density at radius 3 is 3.08 bits per heavy atom. The van der Waals surface area contributed by atoms with E-state index >= 15 is 0 Å². The first-order chi connectivity index (χ1) is 5.88. The Bertz CT molecular complexity index is 269. The summed E-state index contributed by atoms with van der Waals surface area (Å²) >= 11 is 0. The Kier molecular flexibility index (Phi) is 3.16. The summed E-state index contributed by atoms with van der Waals surface area (Å²) in [5.74, 6) is 1.04. The van der Waals surface area contributed by atoms with E-state index in [1.165, 1.54) is 0 Å². The van der Waals surface area contributed by atoms with E-state index in [1.54, 1.807) is 6.26 Å². The average molecular weight is 161 g/mol. The standard InChI is InChI=1S/C10H11NO/c1-2-4-9(6-7-11)10-5-3-8-12-10/h2-3,5,8-9H,1,4,6H2. The molecule has 1 rings (SSSR count). The van der Waals surface area contributed by atoms with Crippen LogP contribution in [0.25, 0.3) is 0 Å². The zero-order chi connectivity index (χ0) is 8.81. The van der Waals surface area contributed by atoms with E-state index in [1.807, 2.05) is 18.2 Å². The topological polar surface area (TPSA) is 36.9 Å². The second-order valence-electron chi connectivity index (χ2n) is 2.60.